The molecule has 248 valence electrons. The fourth-order valence-corrected chi connectivity index (χ4v) is 9.67. The van der Waals surface area contributed by atoms with Gasteiger partial charge in [-0.3, -0.25) is 4.99 Å². The van der Waals surface area contributed by atoms with Crippen LogP contribution in [0.3, 0.4) is 0 Å². The second kappa shape index (κ2) is 19.7. The van der Waals surface area contributed by atoms with Gasteiger partial charge < -0.3 is 5.11 Å². The Morgan fingerprint density at radius 1 is 0.612 bits per heavy atom. The minimum absolute atomic E-state index is 0. The van der Waals surface area contributed by atoms with Gasteiger partial charge in [-0.05, 0) is 119 Å². The number of phenolic OH excluding ortho intramolecular Hbond substituents is 1. The van der Waals surface area contributed by atoms with Crippen LogP contribution < -0.4 is 15.9 Å². The molecule has 2 nitrogen and oxygen atoms in total. The Hall–Kier alpha value is -3.35. The number of aliphatic imine (C=N–C) groups is 1. The van der Waals surface area contributed by atoms with Crippen molar-refractivity contribution >= 4 is 91.7 Å². The number of aromatic hydroxyl groups is 1. The van der Waals surface area contributed by atoms with Gasteiger partial charge in [-0.15, -0.1) is 47.2 Å². The second-order valence-electron chi connectivity index (χ2n) is 11.1. The van der Waals surface area contributed by atoms with Crippen molar-refractivity contribution in [2.45, 2.75) is 13.8 Å². The molecule has 0 saturated heterocycles. The molecule has 0 fully saturated rings. The van der Waals surface area contributed by atoms with Crippen molar-refractivity contribution in [1.29, 1.82) is 0 Å². The number of phenols is 1. The maximum Gasteiger partial charge on any atom is 0.137 e. The molecule has 6 heteroatoms. The topological polar surface area (TPSA) is 32.6 Å². The predicted molar refractivity (Wildman–Crippen MR) is 226 cm³/mol. The average Bonchev–Trinajstić information content (AvgIpc) is 3.12. The van der Waals surface area contributed by atoms with Crippen LogP contribution in [-0.2, 0) is 16.5 Å². The van der Waals surface area contributed by atoms with Crippen LogP contribution in [0.2, 0.25) is 0 Å². The van der Waals surface area contributed by atoms with E-state index in [0.29, 0.717) is 0 Å². The van der Waals surface area contributed by atoms with Crippen molar-refractivity contribution in [3.05, 3.63) is 194 Å². The molecule has 0 amide bonds. The molecule has 0 atom stereocenters. The van der Waals surface area contributed by atoms with Crippen LogP contribution in [-0.4, -0.2) is 11.3 Å². The summed E-state index contributed by atoms with van der Waals surface area (Å²) in [5.74, 6) is 0.288. The molecule has 0 radical (unpaired) electrons. The molecule has 0 unspecified atom stereocenters. The first-order valence-electron chi connectivity index (χ1n) is 15.6. The molecule has 0 aromatic heterocycles. The van der Waals surface area contributed by atoms with Gasteiger partial charge in [0.25, 0.3) is 0 Å². The number of para-hydroxylation sites is 1. The zero-order chi connectivity index (χ0) is 33.7. The molecule has 0 bridgehead atoms. The number of fused-ring (bicyclic) bond motifs is 1. The number of hydrogen-bond acceptors (Lipinski definition) is 2. The van der Waals surface area contributed by atoms with E-state index in [2.05, 4.69) is 165 Å². The third-order valence-corrected chi connectivity index (χ3v) is 11.8. The molecule has 7 aromatic rings. The minimum atomic E-state index is -0.877. The standard InChI is InChI=1S/C18H15P.C15H13I2NO.C10H7.Ni/c1-4-10-16(11-5-1)19(17-12-6-2-7-13-17)18-14-8-3-9-15-18;1-9-4-3-5-10(2)14(9)18-8-11-6-12(16)7-13(17)15(11)19;1-2-6-10-8-4-3-7-9(10)5-1;/h1-15H;3-8,19H,1-2H3;1-7H;/q;;-1;/p+1. The Morgan fingerprint density at radius 2 is 1.10 bits per heavy atom. The van der Waals surface area contributed by atoms with Gasteiger partial charge in [0.05, 0.1) is 17.2 Å². The van der Waals surface area contributed by atoms with Crippen LogP contribution >= 0.6 is 53.1 Å². The number of rotatable bonds is 5. The molecule has 7 aromatic carbocycles. The number of nitrogens with zero attached hydrogens (tertiary/aromatic N) is 1. The SMILES string of the molecule is Cc1cccc(C)c1N=Cc1cc(I)cc(I)c1O.[Ni].[c-]1cccc2ccccc12.c1ccc([PH+](c2ccccc2)c2ccccc2)cc1. The number of benzene rings is 7. The molecule has 0 aliphatic carbocycles. The van der Waals surface area contributed by atoms with Crippen molar-refractivity contribution in [3.63, 3.8) is 0 Å². The van der Waals surface area contributed by atoms with Crippen LogP contribution in [0.5, 0.6) is 5.75 Å². The van der Waals surface area contributed by atoms with Gasteiger partial charge in [0.2, 0.25) is 0 Å². The summed E-state index contributed by atoms with van der Waals surface area (Å²) in [5, 5.41) is 16.8. The second-order valence-corrected chi connectivity index (χ2v) is 15.9. The largest absolute Gasteiger partial charge is 0.506 e. The summed E-state index contributed by atoms with van der Waals surface area (Å²) in [6.45, 7) is 4.08. The van der Waals surface area contributed by atoms with E-state index < -0.39 is 7.92 Å². The van der Waals surface area contributed by atoms with Crippen LogP contribution in [0.1, 0.15) is 16.7 Å². The molecular formula is C43H36I2NNiOP. The Kier molecular flexibility index (Phi) is 15.5. The average molecular weight is 926 g/mol. The molecule has 0 aliphatic heterocycles. The van der Waals surface area contributed by atoms with Gasteiger partial charge in [-0.2, -0.15) is 0 Å². The number of halogens is 2. The number of hydrogen-bond donors (Lipinski definition) is 1. The van der Waals surface area contributed by atoms with Crippen LogP contribution in [0.25, 0.3) is 10.8 Å². The van der Waals surface area contributed by atoms with E-state index in [0.717, 1.165) is 29.5 Å². The van der Waals surface area contributed by atoms with Gasteiger partial charge in [0.15, 0.2) is 0 Å². The van der Waals surface area contributed by atoms with Crippen LogP contribution in [0, 0.1) is 27.1 Å². The molecule has 49 heavy (non-hydrogen) atoms. The quantitative estimate of drug-likeness (QED) is 0.0603. The molecular weight excluding hydrogens is 890 g/mol. The van der Waals surface area contributed by atoms with Crippen molar-refractivity contribution in [1.82, 2.24) is 0 Å². The first-order valence-corrected chi connectivity index (χ1v) is 19.2. The maximum absolute atomic E-state index is 10.0. The van der Waals surface area contributed by atoms with E-state index in [-0.39, 0.29) is 22.2 Å². The molecule has 7 rings (SSSR count). The van der Waals surface area contributed by atoms with Gasteiger partial charge >= 0.3 is 0 Å². The van der Waals surface area contributed by atoms with Crippen LogP contribution in [0.15, 0.2) is 169 Å². The van der Waals surface area contributed by atoms with E-state index in [1.54, 1.807) is 6.21 Å². The van der Waals surface area contributed by atoms with Crippen molar-refractivity contribution in [2.75, 3.05) is 0 Å². The summed E-state index contributed by atoms with van der Waals surface area (Å²) < 4.78 is 1.93. The smallest absolute Gasteiger partial charge is 0.137 e. The van der Waals surface area contributed by atoms with Gasteiger partial charge in [-0.1, -0.05) is 84.9 Å². The van der Waals surface area contributed by atoms with E-state index in [1.165, 1.54) is 26.7 Å². The molecule has 0 saturated carbocycles. The van der Waals surface area contributed by atoms with Crippen LogP contribution in [0.4, 0.5) is 5.69 Å². The maximum atomic E-state index is 10.0. The third-order valence-electron chi connectivity index (χ3n) is 7.59. The zero-order valence-electron chi connectivity index (χ0n) is 27.1. The monoisotopic (exact) mass is 925 g/mol. The Morgan fingerprint density at radius 3 is 1.63 bits per heavy atom. The van der Waals surface area contributed by atoms with Crippen molar-refractivity contribution in [3.8, 4) is 5.75 Å². The summed E-state index contributed by atoms with van der Waals surface area (Å²) in [6.07, 6.45) is 1.73. The minimum Gasteiger partial charge on any atom is -0.506 e. The van der Waals surface area contributed by atoms with Gasteiger partial charge in [0.1, 0.15) is 21.7 Å². The Bertz CT molecular complexity index is 1910. The first-order chi connectivity index (χ1) is 23.4. The Labute approximate surface area is 328 Å². The summed E-state index contributed by atoms with van der Waals surface area (Å²) in [7, 11) is -0.877. The molecule has 1 N–H and O–H groups in total. The van der Waals surface area contributed by atoms with Gasteiger partial charge in [0, 0.05) is 31.8 Å². The van der Waals surface area contributed by atoms with Crippen molar-refractivity contribution in [2.24, 2.45) is 4.99 Å². The molecule has 0 heterocycles. The third kappa shape index (κ3) is 11.1. The summed E-state index contributed by atoms with van der Waals surface area (Å²) in [6, 6.07) is 59.9. The predicted octanol–water partition coefficient (Wildman–Crippen LogP) is 10.8. The fraction of sp³-hybridized carbons (Fsp3) is 0.0465. The summed E-state index contributed by atoms with van der Waals surface area (Å²) in [4.78, 5) is 4.53. The fourth-order valence-electron chi connectivity index (χ4n) is 5.21. The first kappa shape index (κ1) is 38.5. The van der Waals surface area contributed by atoms with Crippen molar-refractivity contribution < 1.29 is 21.6 Å². The Balaban J connectivity index is 0.000000171. The molecule has 0 aliphatic rings. The van der Waals surface area contributed by atoms with E-state index >= 15 is 0 Å². The molecule has 0 spiro atoms. The summed E-state index contributed by atoms with van der Waals surface area (Å²) in [5.41, 5.74) is 3.99. The van der Waals surface area contributed by atoms with E-state index in [9.17, 15) is 5.11 Å². The van der Waals surface area contributed by atoms with E-state index in [4.69, 9.17) is 0 Å². The van der Waals surface area contributed by atoms with E-state index in [1.807, 2.05) is 68.4 Å². The normalized spacial score (nSPS) is 10.5. The number of aryl methyl sites for hydroxylation is 2. The van der Waals surface area contributed by atoms with Gasteiger partial charge in [-0.25, -0.2) is 0 Å². The zero-order valence-corrected chi connectivity index (χ0v) is 33.4. The summed E-state index contributed by atoms with van der Waals surface area (Å²) >= 11 is 4.36.